The average Bonchev–Trinajstić information content (AvgIpc) is 2.73. The summed E-state index contributed by atoms with van der Waals surface area (Å²) in [5.41, 5.74) is 0.495. The lowest BCUT2D eigenvalue weighted by Gasteiger charge is -2.36. The third-order valence-corrected chi connectivity index (χ3v) is 7.88. The number of thioether (sulfide) groups is 1. The Hall–Kier alpha value is -1.93. The summed E-state index contributed by atoms with van der Waals surface area (Å²) in [6.07, 6.45) is 3.21. The highest BCUT2D eigenvalue weighted by molar-refractivity contribution is 8.00. The summed E-state index contributed by atoms with van der Waals surface area (Å²) in [6, 6.07) is 19.0. The molecule has 0 spiro atoms. The van der Waals surface area contributed by atoms with Crippen LogP contribution < -0.4 is 4.72 Å². The Morgan fingerprint density at radius 1 is 1.00 bits per heavy atom. The van der Waals surface area contributed by atoms with Gasteiger partial charge in [0, 0.05) is 41.0 Å². The summed E-state index contributed by atoms with van der Waals surface area (Å²) in [5.74, 6) is 0. The highest BCUT2D eigenvalue weighted by Crippen LogP contribution is 2.40. The van der Waals surface area contributed by atoms with E-state index in [2.05, 4.69) is 21.8 Å². The van der Waals surface area contributed by atoms with Crippen LogP contribution in [-0.2, 0) is 14.8 Å². The molecule has 2 aromatic carbocycles. The van der Waals surface area contributed by atoms with Gasteiger partial charge in [-0.15, -0.1) is 11.8 Å². The normalized spacial score (nSPS) is 16.9. The monoisotopic (exact) mass is 414 g/mol. The van der Waals surface area contributed by atoms with Gasteiger partial charge in [0.2, 0.25) is 10.0 Å². The van der Waals surface area contributed by atoms with E-state index in [1.54, 1.807) is 36.2 Å². The number of benzene rings is 2. The Labute approximate surface area is 169 Å². The maximum atomic E-state index is 13.1. The van der Waals surface area contributed by atoms with E-state index in [9.17, 15) is 8.42 Å². The predicted molar refractivity (Wildman–Crippen MR) is 112 cm³/mol. The number of sulfonamides is 1. The van der Waals surface area contributed by atoms with Crippen molar-refractivity contribution in [2.45, 2.75) is 27.4 Å². The van der Waals surface area contributed by atoms with Crippen LogP contribution in [0.25, 0.3) is 10.9 Å². The quantitative estimate of drug-likeness (QED) is 0.663. The lowest BCUT2D eigenvalue weighted by Crippen LogP contribution is -2.44. The maximum Gasteiger partial charge on any atom is 0.242 e. The summed E-state index contributed by atoms with van der Waals surface area (Å²) < 4.78 is 34.3. The van der Waals surface area contributed by atoms with Crippen LogP contribution in [0.5, 0.6) is 0 Å². The minimum Gasteiger partial charge on any atom is -0.381 e. The average molecular weight is 415 g/mol. The van der Waals surface area contributed by atoms with Gasteiger partial charge in [-0.3, -0.25) is 4.98 Å². The van der Waals surface area contributed by atoms with Gasteiger partial charge in [0.25, 0.3) is 0 Å². The molecular weight excluding hydrogens is 392 g/mol. The second-order valence-corrected chi connectivity index (χ2v) is 10.1. The summed E-state index contributed by atoms with van der Waals surface area (Å²) in [6.45, 7) is 1.62. The zero-order chi connectivity index (χ0) is 19.5. The van der Waals surface area contributed by atoms with E-state index in [0.717, 1.165) is 23.1 Å². The summed E-state index contributed by atoms with van der Waals surface area (Å²) >= 11 is 1.73. The highest BCUT2D eigenvalue weighted by atomic mass is 32.2. The van der Waals surface area contributed by atoms with Gasteiger partial charge in [0.15, 0.2) is 0 Å². The minimum absolute atomic E-state index is 0.220. The van der Waals surface area contributed by atoms with Crippen LogP contribution in [0.15, 0.2) is 76.7 Å². The molecule has 0 bridgehead atoms. The zero-order valence-electron chi connectivity index (χ0n) is 15.4. The van der Waals surface area contributed by atoms with E-state index in [0.29, 0.717) is 25.3 Å². The van der Waals surface area contributed by atoms with Crippen molar-refractivity contribution >= 4 is 32.7 Å². The summed E-state index contributed by atoms with van der Waals surface area (Å²) in [4.78, 5) is 5.64. The van der Waals surface area contributed by atoms with Crippen LogP contribution >= 0.6 is 11.8 Å². The van der Waals surface area contributed by atoms with Gasteiger partial charge in [0.05, 0.1) is 5.52 Å². The van der Waals surface area contributed by atoms with E-state index >= 15 is 0 Å². The van der Waals surface area contributed by atoms with Crippen molar-refractivity contribution in [3.63, 3.8) is 0 Å². The Kier molecular flexibility index (Phi) is 5.68. The first-order valence-electron chi connectivity index (χ1n) is 9.23. The van der Waals surface area contributed by atoms with Crippen molar-refractivity contribution in [1.82, 2.24) is 9.71 Å². The Bertz CT molecular complexity index is 1040. The topological polar surface area (TPSA) is 68.3 Å². The zero-order valence-corrected chi connectivity index (χ0v) is 17.0. The number of para-hydroxylation sites is 1. The van der Waals surface area contributed by atoms with Gasteiger partial charge < -0.3 is 4.74 Å². The first-order valence-corrected chi connectivity index (χ1v) is 11.5. The molecule has 0 unspecified atom stereocenters. The number of hydrogen-bond acceptors (Lipinski definition) is 5. The number of ether oxygens (including phenoxy) is 1. The molecule has 5 nitrogen and oxygen atoms in total. The Morgan fingerprint density at radius 2 is 1.75 bits per heavy atom. The van der Waals surface area contributed by atoms with E-state index in [1.165, 1.54) is 0 Å². The van der Waals surface area contributed by atoms with Gasteiger partial charge in [-0.1, -0.05) is 36.4 Å². The van der Waals surface area contributed by atoms with E-state index in [4.69, 9.17) is 4.74 Å². The molecule has 1 fully saturated rings. The van der Waals surface area contributed by atoms with Crippen LogP contribution in [0.4, 0.5) is 0 Å². The Morgan fingerprint density at radius 3 is 2.54 bits per heavy atom. The first kappa shape index (κ1) is 19.4. The fourth-order valence-corrected chi connectivity index (χ4v) is 6.10. The molecule has 0 radical (unpaired) electrons. The number of fused-ring (bicyclic) bond motifs is 1. The molecule has 0 amide bonds. The highest BCUT2D eigenvalue weighted by Gasteiger charge is 2.35. The van der Waals surface area contributed by atoms with Gasteiger partial charge in [0.1, 0.15) is 4.90 Å². The minimum atomic E-state index is -3.68. The molecule has 1 saturated heterocycles. The van der Waals surface area contributed by atoms with E-state index in [-0.39, 0.29) is 9.64 Å². The molecule has 0 aliphatic carbocycles. The van der Waals surface area contributed by atoms with Gasteiger partial charge in [-0.2, -0.15) is 0 Å². The number of hydrogen-bond donors (Lipinski definition) is 1. The SMILES string of the molecule is O=S(=O)(NCC1(Sc2ccccc2)CCOCC1)c1cccc2cccnc12. The van der Waals surface area contributed by atoms with Crippen molar-refractivity contribution < 1.29 is 13.2 Å². The molecule has 4 rings (SSSR count). The number of pyridine rings is 1. The smallest absolute Gasteiger partial charge is 0.242 e. The molecule has 7 heteroatoms. The standard InChI is InChI=1S/C21H22N2O3S2/c24-28(25,19-10-4-6-17-7-5-13-22-20(17)19)23-16-21(11-14-26-15-12-21)27-18-8-2-1-3-9-18/h1-10,13,23H,11-12,14-16H2. The van der Waals surface area contributed by atoms with Crippen LogP contribution in [-0.4, -0.2) is 37.9 Å². The third kappa shape index (κ3) is 4.22. The maximum absolute atomic E-state index is 13.1. The molecule has 0 saturated carbocycles. The van der Waals surface area contributed by atoms with E-state index < -0.39 is 10.0 Å². The molecule has 0 atom stereocenters. The summed E-state index contributed by atoms with van der Waals surface area (Å²) in [7, 11) is -3.68. The largest absolute Gasteiger partial charge is 0.381 e. The third-order valence-electron chi connectivity index (χ3n) is 4.95. The van der Waals surface area contributed by atoms with Crippen molar-refractivity contribution in [2.75, 3.05) is 19.8 Å². The van der Waals surface area contributed by atoms with Crippen LogP contribution in [0, 0.1) is 0 Å². The summed E-state index contributed by atoms with van der Waals surface area (Å²) in [5, 5.41) is 0.810. The van der Waals surface area contributed by atoms with Gasteiger partial charge >= 0.3 is 0 Å². The molecule has 2 heterocycles. The van der Waals surface area contributed by atoms with Gasteiger partial charge in [-0.25, -0.2) is 13.1 Å². The van der Waals surface area contributed by atoms with Crippen LogP contribution in [0.1, 0.15) is 12.8 Å². The molecule has 1 N–H and O–H groups in total. The Balaban J connectivity index is 1.59. The van der Waals surface area contributed by atoms with Crippen molar-refractivity contribution in [3.05, 3.63) is 66.9 Å². The van der Waals surface area contributed by atoms with Crippen molar-refractivity contribution in [1.29, 1.82) is 0 Å². The molecule has 146 valence electrons. The molecule has 3 aromatic rings. The predicted octanol–water partition coefficient (Wildman–Crippen LogP) is 3.85. The molecule has 1 aliphatic rings. The number of nitrogens with zero attached hydrogens (tertiary/aromatic N) is 1. The molecular formula is C21H22N2O3S2. The number of nitrogens with one attached hydrogen (secondary N) is 1. The second-order valence-electron chi connectivity index (χ2n) is 6.87. The second kappa shape index (κ2) is 8.21. The first-order chi connectivity index (χ1) is 13.6. The lowest BCUT2D eigenvalue weighted by molar-refractivity contribution is 0.0784. The fourth-order valence-electron chi connectivity index (χ4n) is 3.39. The fraction of sp³-hybridized carbons (Fsp3) is 0.286. The molecule has 28 heavy (non-hydrogen) atoms. The van der Waals surface area contributed by atoms with Crippen LogP contribution in [0.3, 0.4) is 0 Å². The van der Waals surface area contributed by atoms with Crippen molar-refractivity contribution in [3.8, 4) is 0 Å². The van der Waals surface area contributed by atoms with E-state index in [1.807, 2.05) is 30.3 Å². The number of rotatable bonds is 6. The molecule has 1 aliphatic heterocycles. The van der Waals surface area contributed by atoms with Crippen molar-refractivity contribution in [2.24, 2.45) is 0 Å². The van der Waals surface area contributed by atoms with Gasteiger partial charge in [-0.05, 0) is 37.1 Å². The molecule has 1 aromatic heterocycles. The number of aromatic nitrogens is 1. The van der Waals surface area contributed by atoms with Crippen LogP contribution in [0.2, 0.25) is 0 Å². The lowest BCUT2D eigenvalue weighted by atomic mass is 9.99.